The molecule has 0 amide bonds. The van der Waals surface area contributed by atoms with Crippen LogP contribution in [0.1, 0.15) is 6.42 Å². The Labute approximate surface area is 105 Å². The highest BCUT2D eigenvalue weighted by atomic mass is 32.2. The van der Waals surface area contributed by atoms with Crippen molar-refractivity contribution in [2.24, 2.45) is 0 Å². The van der Waals surface area contributed by atoms with Gasteiger partial charge in [-0.05, 0) is 24.3 Å². The smallest absolute Gasteiger partial charge is 0.136 e. The van der Waals surface area contributed by atoms with Gasteiger partial charge in [-0.2, -0.15) is 11.8 Å². The van der Waals surface area contributed by atoms with Crippen LogP contribution >= 0.6 is 23.5 Å². The van der Waals surface area contributed by atoms with Crippen molar-refractivity contribution < 1.29 is 4.39 Å². The summed E-state index contributed by atoms with van der Waals surface area (Å²) in [5.41, 5.74) is 0. The van der Waals surface area contributed by atoms with Gasteiger partial charge < -0.3 is 5.32 Å². The molecule has 0 spiro atoms. The Morgan fingerprint density at radius 3 is 3.06 bits per heavy atom. The molecule has 1 aromatic rings. The first-order valence-corrected chi connectivity index (χ1v) is 7.69. The van der Waals surface area contributed by atoms with Gasteiger partial charge in [-0.3, -0.25) is 0 Å². The van der Waals surface area contributed by atoms with Crippen molar-refractivity contribution in [1.82, 2.24) is 5.32 Å². The van der Waals surface area contributed by atoms with Crippen molar-refractivity contribution >= 4 is 23.5 Å². The monoisotopic (exact) mass is 257 g/mol. The molecule has 1 aliphatic heterocycles. The van der Waals surface area contributed by atoms with E-state index in [-0.39, 0.29) is 5.82 Å². The Balaban J connectivity index is 1.66. The highest BCUT2D eigenvalue weighted by Crippen LogP contribution is 2.21. The summed E-state index contributed by atoms with van der Waals surface area (Å²) in [6.45, 7) is 0.963. The van der Waals surface area contributed by atoms with Gasteiger partial charge in [0.15, 0.2) is 0 Å². The predicted molar refractivity (Wildman–Crippen MR) is 70.9 cm³/mol. The minimum atomic E-state index is -0.107. The lowest BCUT2D eigenvalue weighted by Crippen LogP contribution is -2.30. The summed E-state index contributed by atoms with van der Waals surface area (Å²) in [6, 6.07) is 7.64. The van der Waals surface area contributed by atoms with Gasteiger partial charge in [-0.15, -0.1) is 11.8 Å². The third-order valence-electron chi connectivity index (χ3n) is 2.56. The Hall–Kier alpha value is -0.190. The molecule has 1 atom stereocenters. The van der Waals surface area contributed by atoms with Gasteiger partial charge in [0.25, 0.3) is 0 Å². The third kappa shape index (κ3) is 3.68. The van der Waals surface area contributed by atoms with Crippen molar-refractivity contribution in [3.63, 3.8) is 0 Å². The Morgan fingerprint density at radius 1 is 1.44 bits per heavy atom. The van der Waals surface area contributed by atoms with Gasteiger partial charge in [-0.1, -0.05) is 12.1 Å². The van der Waals surface area contributed by atoms with Crippen LogP contribution in [-0.2, 0) is 0 Å². The van der Waals surface area contributed by atoms with E-state index >= 15 is 0 Å². The fourth-order valence-electron chi connectivity index (χ4n) is 1.68. The van der Waals surface area contributed by atoms with Crippen LogP contribution in [0.5, 0.6) is 0 Å². The zero-order valence-corrected chi connectivity index (χ0v) is 10.7. The molecule has 1 fully saturated rings. The first kappa shape index (κ1) is 12.3. The fourth-order valence-corrected chi connectivity index (χ4v) is 3.69. The van der Waals surface area contributed by atoms with E-state index in [1.54, 1.807) is 17.8 Å². The lowest BCUT2D eigenvalue weighted by Gasteiger charge is -2.10. The second kappa shape index (κ2) is 6.52. The lowest BCUT2D eigenvalue weighted by molar-refractivity contribution is 0.580. The van der Waals surface area contributed by atoms with Gasteiger partial charge in [0, 0.05) is 29.0 Å². The van der Waals surface area contributed by atoms with Gasteiger partial charge in [0.1, 0.15) is 5.82 Å². The van der Waals surface area contributed by atoms with Crippen molar-refractivity contribution in [2.75, 3.05) is 23.8 Å². The van der Waals surface area contributed by atoms with Crippen LogP contribution in [0.25, 0.3) is 0 Å². The summed E-state index contributed by atoms with van der Waals surface area (Å²) in [7, 11) is 0. The molecular weight excluding hydrogens is 241 g/mol. The molecule has 1 unspecified atom stereocenters. The van der Waals surface area contributed by atoms with Crippen LogP contribution in [0.4, 0.5) is 4.39 Å². The normalized spacial score (nSPS) is 20.2. The minimum Gasteiger partial charge on any atom is -0.312 e. The summed E-state index contributed by atoms with van der Waals surface area (Å²) in [4.78, 5) is 0.755. The van der Waals surface area contributed by atoms with E-state index in [0.717, 1.165) is 17.2 Å². The van der Waals surface area contributed by atoms with Crippen LogP contribution in [-0.4, -0.2) is 29.8 Å². The number of hydrogen-bond acceptors (Lipinski definition) is 3. The first-order valence-electron chi connectivity index (χ1n) is 5.55. The molecule has 88 valence electrons. The Morgan fingerprint density at radius 2 is 2.31 bits per heavy atom. The summed E-state index contributed by atoms with van der Waals surface area (Å²) >= 11 is 3.60. The summed E-state index contributed by atoms with van der Waals surface area (Å²) in [6.07, 6.45) is 1.27. The number of thioether (sulfide) groups is 2. The number of nitrogens with one attached hydrogen (secondary N) is 1. The van der Waals surface area contributed by atoms with Crippen molar-refractivity contribution in [1.29, 1.82) is 0 Å². The average Bonchev–Trinajstić information content (AvgIpc) is 2.79. The molecule has 16 heavy (non-hydrogen) atoms. The molecular formula is C12H16FNS2. The topological polar surface area (TPSA) is 12.0 Å². The van der Waals surface area contributed by atoms with Crippen LogP contribution in [0.15, 0.2) is 29.2 Å². The van der Waals surface area contributed by atoms with E-state index in [1.165, 1.54) is 24.0 Å². The zero-order chi connectivity index (χ0) is 11.2. The quantitative estimate of drug-likeness (QED) is 0.643. The van der Waals surface area contributed by atoms with Crippen LogP contribution < -0.4 is 5.32 Å². The SMILES string of the molecule is Fc1ccccc1SCCNC1CCSC1. The van der Waals surface area contributed by atoms with Crippen LogP contribution in [0.3, 0.4) is 0 Å². The summed E-state index contributed by atoms with van der Waals surface area (Å²) < 4.78 is 13.3. The maximum absolute atomic E-state index is 13.3. The number of halogens is 1. The standard InChI is InChI=1S/C12H16FNS2/c13-11-3-1-2-4-12(11)16-8-6-14-10-5-7-15-9-10/h1-4,10,14H,5-9H2. The molecule has 1 aromatic carbocycles. The van der Waals surface area contributed by atoms with E-state index in [2.05, 4.69) is 5.32 Å². The van der Waals surface area contributed by atoms with Gasteiger partial charge >= 0.3 is 0 Å². The molecule has 1 aliphatic rings. The minimum absolute atomic E-state index is 0.107. The molecule has 0 saturated carbocycles. The number of rotatable bonds is 5. The fraction of sp³-hybridized carbons (Fsp3) is 0.500. The van der Waals surface area contributed by atoms with Crippen molar-refractivity contribution in [3.05, 3.63) is 30.1 Å². The van der Waals surface area contributed by atoms with E-state index < -0.39 is 0 Å². The second-order valence-electron chi connectivity index (χ2n) is 3.79. The summed E-state index contributed by atoms with van der Waals surface area (Å²) in [5, 5.41) is 3.51. The highest BCUT2D eigenvalue weighted by Gasteiger charge is 2.13. The van der Waals surface area contributed by atoms with E-state index in [4.69, 9.17) is 0 Å². The highest BCUT2D eigenvalue weighted by molar-refractivity contribution is 7.99. The molecule has 4 heteroatoms. The first-order chi connectivity index (χ1) is 7.86. The number of hydrogen-bond donors (Lipinski definition) is 1. The van der Waals surface area contributed by atoms with E-state index in [1.807, 2.05) is 23.9 Å². The predicted octanol–water partition coefficient (Wildman–Crippen LogP) is 3.01. The molecule has 0 aromatic heterocycles. The molecule has 1 saturated heterocycles. The maximum Gasteiger partial charge on any atom is 0.136 e. The van der Waals surface area contributed by atoms with Crippen LogP contribution in [0.2, 0.25) is 0 Å². The molecule has 0 aliphatic carbocycles. The van der Waals surface area contributed by atoms with Gasteiger partial charge in [-0.25, -0.2) is 4.39 Å². The molecule has 0 radical (unpaired) electrons. The zero-order valence-electron chi connectivity index (χ0n) is 9.12. The summed E-state index contributed by atoms with van der Waals surface area (Å²) in [5.74, 6) is 3.33. The Bertz CT molecular complexity index is 327. The van der Waals surface area contributed by atoms with Gasteiger partial charge in [0.2, 0.25) is 0 Å². The molecule has 1 N–H and O–H groups in total. The van der Waals surface area contributed by atoms with Crippen LogP contribution in [0, 0.1) is 5.82 Å². The average molecular weight is 257 g/mol. The molecule has 2 rings (SSSR count). The largest absolute Gasteiger partial charge is 0.312 e. The van der Waals surface area contributed by atoms with E-state index in [9.17, 15) is 4.39 Å². The lowest BCUT2D eigenvalue weighted by atomic mass is 10.3. The third-order valence-corrected chi connectivity index (χ3v) is 4.77. The molecule has 0 bridgehead atoms. The second-order valence-corrected chi connectivity index (χ2v) is 6.08. The molecule has 1 heterocycles. The maximum atomic E-state index is 13.3. The van der Waals surface area contributed by atoms with Crippen molar-refractivity contribution in [2.45, 2.75) is 17.4 Å². The number of benzene rings is 1. The van der Waals surface area contributed by atoms with Gasteiger partial charge in [0.05, 0.1) is 0 Å². The molecule has 1 nitrogen and oxygen atoms in total. The van der Waals surface area contributed by atoms with Crippen molar-refractivity contribution in [3.8, 4) is 0 Å². The Kier molecular flexibility index (Phi) is 5.00. The van der Waals surface area contributed by atoms with E-state index in [0.29, 0.717) is 6.04 Å².